The van der Waals surface area contributed by atoms with Crippen molar-refractivity contribution >= 4 is 29.3 Å². The zero-order valence-electron chi connectivity index (χ0n) is 7.02. The molecule has 7 heteroatoms. The molecule has 13 heavy (non-hydrogen) atoms. The molecule has 1 N–H and O–H groups in total. The maximum atomic E-state index is 10.00. The van der Waals surface area contributed by atoms with Gasteiger partial charge < -0.3 is 4.74 Å². The summed E-state index contributed by atoms with van der Waals surface area (Å²) in [6.45, 7) is 2.66. The molecule has 0 aliphatic carbocycles. The zero-order valence-corrected chi connectivity index (χ0v) is 7.84. The Bertz CT molecular complexity index is 191. The minimum absolute atomic E-state index is 0. The number of ether oxygens (including phenoxy) is 1. The third-order valence-corrected chi connectivity index (χ3v) is 1.57. The van der Waals surface area contributed by atoms with E-state index in [0.29, 0.717) is 6.61 Å². The van der Waals surface area contributed by atoms with E-state index in [1.54, 1.807) is 0 Å². The predicted octanol–water partition coefficient (Wildman–Crippen LogP) is -0.0260. The molecule has 0 amide bonds. The van der Waals surface area contributed by atoms with Gasteiger partial charge >= 0.3 is 29.3 Å². The van der Waals surface area contributed by atoms with Crippen LogP contribution < -0.4 is 0 Å². The second-order valence-corrected chi connectivity index (χ2v) is 3.31. The van der Waals surface area contributed by atoms with Crippen molar-refractivity contribution in [1.82, 2.24) is 0 Å². The van der Waals surface area contributed by atoms with Gasteiger partial charge in [-0.3, -0.25) is 4.55 Å². The van der Waals surface area contributed by atoms with E-state index in [9.17, 15) is 8.42 Å². The summed E-state index contributed by atoms with van der Waals surface area (Å²) in [5, 5.41) is 0. The molecule has 5 nitrogen and oxygen atoms in total. The van der Waals surface area contributed by atoms with Gasteiger partial charge in [-0.15, -0.1) is 0 Å². The summed E-state index contributed by atoms with van der Waals surface area (Å²) in [5.74, 6) is 0. The number of hydrogen-bond donors (Lipinski definition) is 1. The molecule has 0 aromatic rings. The number of unbranched alkanes of at least 4 members (excludes halogenated alkanes) is 1. The predicted molar refractivity (Wildman–Crippen MR) is 50.4 cm³/mol. The van der Waals surface area contributed by atoms with E-state index in [4.69, 9.17) is 9.29 Å². The molecule has 76 valence electrons. The third kappa shape index (κ3) is 15.2. The van der Waals surface area contributed by atoms with Crippen LogP contribution in [0, 0.1) is 0 Å². The fourth-order valence-corrected chi connectivity index (χ4v) is 0.825. The average molecular weight is 206 g/mol. The molecule has 0 unspecified atom stereocenters. The number of rotatable bonds is 7. The number of hydrogen-bond acceptors (Lipinski definition) is 4. The van der Waals surface area contributed by atoms with Crippen molar-refractivity contribution in [1.29, 1.82) is 0 Å². The average Bonchev–Trinajstić information content (AvgIpc) is 1.94. The van der Waals surface area contributed by atoms with Crippen LogP contribution in [0.25, 0.3) is 0 Å². The van der Waals surface area contributed by atoms with Gasteiger partial charge in [0.25, 0.3) is 0 Å². The van der Waals surface area contributed by atoms with Crippen LogP contribution in [0.4, 0.5) is 0 Å². The van der Waals surface area contributed by atoms with Crippen molar-refractivity contribution in [2.24, 2.45) is 0 Å². The van der Waals surface area contributed by atoms with Gasteiger partial charge in [0.2, 0.25) is 0 Å². The fourth-order valence-electron chi connectivity index (χ4n) is 0.547. The topological polar surface area (TPSA) is 72.8 Å². The van der Waals surface area contributed by atoms with Gasteiger partial charge in [0.1, 0.15) is 0 Å². The second kappa shape index (κ2) is 9.00. The van der Waals surface area contributed by atoms with E-state index in [0.717, 1.165) is 12.8 Å². The molecule has 0 saturated carbocycles. The zero-order chi connectivity index (χ0) is 9.45. The van der Waals surface area contributed by atoms with Crippen LogP contribution in [0.1, 0.15) is 19.8 Å². The van der Waals surface area contributed by atoms with Crippen LogP contribution >= 0.6 is 0 Å². The Morgan fingerprint density at radius 2 is 1.85 bits per heavy atom. The SMILES string of the molecule is CCCCOCCOS(=O)(=O)O.[LiH]. The molecule has 0 saturated heterocycles. The van der Waals surface area contributed by atoms with Crippen LogP contribution in [0.5, 0.6) is 0 Å². The molecule has 0 aromatic carbocycles. The first-order chi connectivity index (χ1) is 5.56. The Kier molecular flexibility index (Phi) is 11.0. The molecule has 0 radical (unpaired) electrons. The Balaban J connectivity index is 0. The van der Waals surface area contributed by atoms with Gasteiger partial charge in [-0.1, -0.05) is 13.3 Å². The van der Waals surface area contributed by atoms with E-state index in [-0.39, 0.29) is 32.1 Å². The third-order valence-electron chi connectivity index (χ3n) is 1.10. The summed E-state index contributed by atoms with van der Waals surface area (Å²) in [6.07, 6.45) is 1.96. The molecule has 0 aromatic heterocycles. The van der Waals surface area contributed by atoms with Crippen molar-refractivity contribution in [2.75, 3.05) is 19.8 Å². The summed E-state index contributed by atoms with van der Waals surface area (Å²) in [7, 11) is -4.30. The summed E-state index contributed by atoms with van der Waals surface area (Å²) in [6, 6.07) is 0. The van der Waals surface area contributed by atoms with Gasteiger partial charge in [-0.25, -0.2) is 4.18 Å². The van der Waals surface area contributed by atoms with Crippen LogP contribution in [0.15, 0.2) is 0 Å². The van der Waals surface area contributed by atoms with Crippen molar-refractivity contribution < 1.29 is 21.9 Å². The van der Waals surface area contributed by atoms with Crippen molar-refractivity contribution in [3.05, 3.63) is 0 Å². The molecule has 0 fully saturated rings. The molecule has 0 spiro atoms. The molecule has 0 rings (SSSR count). The van der Waals surface area contributed by atoms with Crippen molar-refractivity contribution in [3.63, 3.8) is 0 Å². The van der Waals surface area contributed by atoms with E-state index < -0.39 is 10.4 Å². The van der Waals surface area contributed by atoms with Crippen molar-refractivity contribution in [3.8, 4) is 0 Å². The van der Waals surface area contributed by atoms with Crippen LogP contribution in [-0.2, 0) is 19.3 Å². The first-order valence-electron chi connectivity index (χ1n) is 3.76. The first-order valence-corrected chi connectivity index (χ1v) is 5.12. The summed E-state index contributed by atoms with van der Waals surface area (Å²) in [5.41, 5.74) is 0. The van der Waals surface area contributed by atoms with E-state index in [1.165, 1.54) is 0 Å². The standard InChI is InChI=1S/C6H14O5S.Li.H/c1-2-3-4-10-5-6-11-12(7,8)9;;/h2-6H2,1H3,(H,7,8,9);;. The second-order valence-electron chi connectivity index (χ2n) is 2.22. The fraction of sp³-hybridized carbons (Fsp3) is 1.00. The molecule has 0 atom stereocenters. The van der Waals surface area contributed by atoms with E-state index in [1.807, 2.05) is 6.92 Å². The Morgan fingerprint density at radius 1 is 1.23 bits per heavy atom. The van der Waals surface area contributed by atoms with Crippen LogP contribution in [0.2, 0.25) is 0 Å². The summed E-state index contributed by atoms with van der Waals surface area (Å²) < 4.78 is 37.1. The normalized spacial score (nSPS) is 10.9. The van der Waals surface area contributed by atoms with Gasteiger partial charge in [-0.2, -0.15) is 8.42 Å². The quantitative estimate of drug-likeness (QED) is 0.360. The van der Waals surface area contributed by atoms with E-state index >= 15 is 0 Å². The molecule has 0 heterocycles. The van der Waals surface area contributed by atoms with E-state index in [2.05, 4.69) is 4.18 Å². The molecule has 0 aliphatic heterocycles. The molecular weight excluding hydrogens is 191 g/mol. The Hall–Kier alpha value is 0.427. The summed E-state index contributed by atoms with van der Waals surface area (Å²) >= 11 is 0. The maximum absolute atomic E-state index is 10.00. The van der Waals surface area contributed by atoms with Crippen LogP contribution in [0.3, 0.4) is 0 Å². The van der Waals surface area contributed by atoms with Crippen LogP contribution in [-0.4, -0.2) is 51.7 Å². The van der Waals surface area contributed by atoms with Gasteiger partial charge in [-0.05, 0) is 6.42 Å². The Morgan fingerprint density at radius 3 is 2.31 bits per heavy atom. The summed E-state index contributed by atoms with van der Waals surface area (Å²) in [4.78, 5) is 0. The first kappa shape index (κ1) is 15.9. The Labute approximate surface area is 90.9 Å². The molecule has 0 aliphatic rings. The van der Waals surface area contributed by atoms with Gasteiger partial charge in [0, 0.05) is 6.61 Å². The van der Waals surface area contributed by atoms with Gasteiger partial charge in [0.15, 0.2) is 0 Å². The minimum atomic E-state index is -4.30. The van der Waals surface area contributed by atoms with Gasteiger partial charge in [0.05, 0.1) is 13.2 Å². The monoisotopic (exact) mass is 206 g/mol. The molecular formula is C6H15LiO5S. The molecule has 0 bridgehead atoms. The van der Waals surface area contributed by atoms with Crippen molar-refractivity contribution in [2.45, 2.75) is 19.8 Å².